The van der Waals surface area contributed by atoms with Gasteiger partial charge in [0.15, 0.2) is 0 Å². The Morgan fingerprint density at radius 2 is 2.06 bits per heavy atom. The lowest BCUT2D eigenvalue weighted by molar-refractivity contribution is 0.0599. The van der Waals surface area contributed by atoms with Crippen LogP contribution in [0.25, 0.3) is 0 Å². The van der Waals surface area contributed by atoms with Gasteiger partial charge in [0.1, 0.15) is 0 Å². The molecule has 0 saturated heterocycles. The second-order valence-corrected chi connectivity index (χ2v) is 3.90. The summed E-state index contributed by atoms with van der Waals surface area (Å²) in [5.74, 6) is -0.300. The largest absolute Gasteiger partial charge is 0.465 e. The molecule has 88 valence electrons. The number of methoxy groups -OCH3 is 1. The van der Waals surface area contributed by atoms with E-state index in [-0.39, 0.29) is 12.6 Å². The fourth-order valence-electron chi connectivity index (χ4n) is 1.68. The Labute approximate surface area is 96.1 Å². The quantitative estimate of drug-likeness (QED) is 0.793. The summed E-state index contributed by atoms with van der Waals surface area (Å²) in [7, 11) is 1.39. The molecular weight excluding hydrogens is 204 g/mol. The molecule has 0 amide bonds. The first kappa shape index (κ1) is 12.7. The predicted octanol–water partition coefficient (Wildman–Crippen LogP) is 2.01. The van der Waals surface area contributed by atoms with E-state index in [1.54, 1.807) is 0 Å². The Morgan fingerprint density at radius 1 is 1.38 bits per heavy atom. The molecule has 1 aromatic rings. The molecule has 1 rings (SSSR count). The maximum Gasteiger partial charge on any atom is 0.338 e. The molecule has 0 aliphatic rings. The van der Waals surface area contributed by atoms with E-state index < -0.39 is 0 Å². The van der Waals surface area contributed by atoms with Crippen LogP contribution < -0.4 is 0 Å². The van der Waals surface area contributed by atoms with Crippen molar-refractivity contribution in [3.05, 3.63) is 34.4 Å². The molecule has 3 nitrogen and oxygen atoms in total. The fraction of sp³-hybridized carbons (Fsp3) is 0.462. The Morgan fingerprint density at radius 3 is 2.62 bits per heavy atom. The zero-order valence-electron chi connectivity index (χ0n) is 10.0. The van der Waals surface area contributed by atoms with Gasteiger partial charge in [-0.1, -0.05) is 6.07 Å². The Hall–Kier alpha value is -1.35. The molecule has 0 atom stereocenters. The Balaban J connectivity index is 3.06. The first-order chi connectivity index (χ1) is 7.60. The normalized spacial score (nSPS) is 10.2. The van der Waals surface area contributed by atoms with E-state index in [4.69, 9.17) is 9.84 Å². The van der Waals surface area contributed by atoms with Gasteiger partial charge >= 0.3 is 5.97 Å². The highest BCUT2D eigenvalue weighted by molar-refractivity contribution is 5.91. The van der Waals surface area contributed by atoms with E-state index >= 15 is 0 Å². The van der Waals surface area contributed by atoms with Crippen molar-refractivity contribution in [3.63, 3.8) is 0 Å². The Kier molecular flexibility index (Phi) is 4.50. The van der Waals surface area contributed by atoms with Gasteiger partial charge in [0.2, 0.25) is 0 Å². The molecule has 3 heteroatoms. The molecule has 0 radical (unpaired) electrons. The van der Waals surface area contributed by atoms with Crippen LogP contribution in [-0.4, -0.2) is 24.8 Å². The molecule has 0 fully saturated rings. The van der Waals surface area contributed by atoms with Gasteiger partial charge in [-0.05, 0) is 49.4 Å². The van der Waals surface area contributed by atoms with Gasteiger partial charge in [-0.15, -0.1) is 0 Å². The smallest absolute Gasteiger partial charge is 0.338 e. The Bertz CT molecular complexity index is 383. The number of rotatable bonds is 4. The number of aryl methyl sites for hydroxylation is 2. The van der Waals surface area contributed by atoms with Crippen LogP contribution in [0.2, 0.25) is 0 Å². The van der Waals surface area contributed by atoms with Crippen LogP contribution in [0.15, 0.2) is 12.1 Å². The molecule has 0 bridgehead atoms. The fourth-order valence-corrected chi connectivity index (χ4v) is 1.68. The maximum absolute atomic E-state index is 11.5. The van der Waals surface area contributed by atoms with Crippen LogP contribution in [0.1, 0.15) is 33.5 Å². The van der Waals surface area contributed by atoms with Crippen molar-refractivity contribution >= 4 is 5.97 Å². The van der Waals surface area contributed by atoms with E-state index in [0.717, 1.165) is 23.1 Å². The maximum atomic E-state index is 11.5. The van der Waals surface area contributed by atoms with Crippen LogP contribution in [0.3, 0.4) is 0 Å². The summed E-state index contributed by atoms with van der Waals surface area (Å²) in [5.41, 5.74) is 3.73. The summed E-state index contributed by atoms with van der Waals surface area (Å²) in [6.07, 6.45) is 1.49. The molecule has 0 spiro atoms. The van der Waals surface area contributed by atoms with Gasteiger partial charge in [-0.3, -0.25) is 0 Å². The molecule has 0 unspecified atom stereocenters. The number of aliphatic hydroxyl groups excluding tert-OH is 1. The lowest BCUT2D eigenvalue weighted by Crippen LogP contribution is -2.06. The van der Waals surface area contributed by atoms with Crippen LogP contribution in [0, 0.1) is 13.8 Å². The average molecular weight is 222 g/mol. The summed E-state index contributed by atoms with van der Waals surface area (Å²) < 4.78 is 4.74. The minimum absolute atomic E-state index is 0.167. The summed E-state index contributed by atoms with van der Waals surface area (Å²) in [6.45, 7) is 4.06. The number of aliphatic hydroxyl groups is 1. The number of carbonyl (C=O) groups is 1. The molecule has 0 heterocycles. The zero-order chi connectivity index (χ0) is 12.1. The number of ether oxygens (including phenoxy) is 1. The number of benzene rings is 1. The SMILES string of the molecule is COC(=O)c1cc(CCCO)cc(C)c1C. The number of hydrogen-bond acceptors (Lipinski definition) is 3. The highest BCUT2D eigenvalue weighted by atomic mass is 16.5. The topological polar surface area (TPSA) is 46.5 Å². The van der Waals surface area contributed by atoms with Gasteiger partial charge in [0.25, 0.3) is 0 Å². The third-order valence-electron chi connectivity index (χ3n) is 2.76. The van der Waals surface area contributed by atoms with E-state index in [1.165, 1.54) is 7.11 Å². The van der Waals surface area contributed by atoms with Crippen molar-refractivity contribution in [3.8, 4) is 0 Å². The standard InChI is InChI=1S/C13H18O3/c1-9-7-11(5-4-6-14)8-12(10(9)2)13(15)16-3/h7-8,14H,4-6H2,1-3H3. The molecule has 0 aliphatic carbocycles. The van der Waals surface area contributed by atoms with Gasteiger partial charge < -0.3 is 9.84 Å². The van der Waals surface area contributed by atoms with E-state index in [0.29, 0.717) is 12.0 Å². The third-order valence-corrected chi connectivity index (χ3v) is 2.76. The molecule has 0 saturated carbocycles. The molecular formula is C13H18O3. The van der Waals surface area contributed by atoms with Crippen molar-refractivity contribution in [2.45, 2.75) is 26.7 Å². The van der Waals surface area contributed by atoms with Crippen LogP contribution in [0.4, 0.5) is 0 Å². The summed E-state index contributed by atoms with van der Waals surface area (Å²) in [5, 5.41) is 8.78. The lowest BCUT2D eigenvalue weighted by atomic mass is 9.97. The predicted molar refractivity (Wildman–Crippen MR) is 62.7 cm³/mol. The number of esters is 1. The van der Waals surface area contributed by atoms with Crippen molar-refractivity contribution < 1.29 is 14.6 Å². The van der Waals surface area contributed by atoms with Crippen molar-refractivity contribution in [2.75, 3.05) is 13.7 Å². The van der Waals surface area contributed by atoms with Gasteiger partial charge in [-0.25, -0.2) is 4.79 Å². The molecule has 1 aromatic carbocycles. The van der Waals surface area contributed by atoms with Crippen LogP contribution in [0.5, 0.6) is 0 Å². The van der Waals surface area contributed by atoms with Crippen LogP contribution >= 0.6 is 0 Å². The minimum atomic E-state index is -0.300. The summed E-state index contributed by atoms with van der Waals surface area (Å²) >= 11 is 0. The summed E-state index contributed by atoms with van der Waals surface area (Å²) in [4.78, 5) is 11.5. The monoisotopic (exact) mass is 222 g/mol. The first-order valence-corrected chi connectivity index (χ1v) is 5.39. The average Bonchev–Trinajstić information content (AvgIpc) is 2.29. The van der Waals surface area contributed by atoms with Crippen molar-refractivity contribution in [1.82, 2.24) is 0 Å². The summed E-state index contributed by atoms with van der Waals surface area (Å²) in [6, 6.07) is 3.90. The number of carbonyl (C=O) groups excluding carboxylic acids is 1. The highest BCUT2D eigenvalue weighted by Gasteiger charge is 2.12. The zero-order valence-corrected chi connectivity index (χ0v) is 10.0. The second-order valence-electron chi connectivity index (χ2n) is 3.90. The van der Waals surface area contributed by atoms with Gasteiger partial charge in [0.05, 0.1) is 12.7 Å². The lowest BCUT2D eigenvalue weighted by Gasteiger charge is -2.10. The van der Waals surface area contributed by atoms with Crippen molar-refractivity contribution in [1.29, 1.82) is 0 Å². The third kappa shape index (κ3) is 2.83. The molecule has 0 aliphatic heterocycles. The minimum Gasteiger partial charge on any atom is -0.465 e. The van der Waals surface area contributed by atoms with E-state index in [9.17, 15) is 4.79 Å². The van der Waals surface area contributed by atoms with E-state index in [1.807, 2.05) is 19.9 Å². The second kappa shape index (κ2) is 5.66. The van der Waals surface area contributed by atoms with E-state index in [2.05, 4.69) is 6.07 Å². The van der Waals surface area contributed by atoms with Crippen LogP contribution in [-0.2, 0) is 11.2 Å². The molecule has 1 N–H and O–H groups in total. The first-order valence-electron chi connectivity index (χ1n) is 5.39. The molecule has 16 heavy (non-hydrogen) atoms. The molecule has 0 aromatic heterocycles. The van der Waals surface area contributed by atoms with Gasteiger partial charge in [0, 0.05) is 6.61 Å². The van der Waals surface area contributed by atoms with Gasteiger partial charge in [-0.2, -0.15) is 0 Å². The highest BCUT2D eigenvalue weighted by Crippen LogP contribution is 2.18. The number of hydrogen-bond donors (Lipinski definition) is 1. The van der Waals surface area contributed by atoms with Crippen molar-refractivity contribution in [2.24, 2.45) is 0 Å².